The van der Waals surface area contributed by atoms with Crippen molar-refractivity contribution in [3.05, 3.63) is 28.8 Å². The van der Waals surface area contributed by atoms with Gasteiger partial charge >= 0.3 is 0 Å². The van der Waals surface area contributed by atoms with Crippen molar-refractivity contribution < 1.29 is 21.6 Å². The van der Waals surface area contributed by atoms with E-state index >= 15 is 0 Å². The lowest BCUT2D eigenvalue weighted by Gasteiger charge is -2.30. The lowest BCUT2D eigenvalue weighted by atomic mass is 10.2. The Morgan fingerprint density at radius 2 is 2.04 bits per heavy atom. The third kappa shape index (κ3) is 5.68. The van der Waals surface area contributed by atoms with E-state index in [9.17, 15) is 16.8 Å². The zero-order valence-electron chi connectivity index (χ0n) is 13.5. The summed E-state index contributed by atoms with van der Waals surface area (Å²) < 4.78 is 56.2. The van der Waals surface area contributed by atoms with Gasteiger partial charge in [0, 0.05) is 30.9 Å². The molecule has 10 heteroatoms. The molecule has 0 saturated carbocycles. The van der Waals surface area contributed by atoms with E-state index in [0.717, 1.165) is 12.8 Å². The average molecular weight is 397 g/mol. The van der Waals surface area contributed by atoms with Crippen molar-refractivity contribution >= 4 is 31.5 Å². The first-order valence-corrected chi connectivity index (χ1v) is 11.2. The fourth-order valence-corrected chi connectivity index (χ4v) is 4.92. The maximum Gasteiger partial charge on any atom is 0.241 e. The number of nitrogens with one attached hydrogen (secondary N) is 1. The highest BCUT2D eigenvalue weighted by atomic mass is 35.5. The maximum absolute atomic E-state index is 12.6. The molecule has 1 aromatic carbocycles. The number of likely N-dealkylation sites (N-methyl/N-ethyl adjacent to an activating group) is 1. The summed E-state index contributed by atoms with van der Waals surface area (Å²) in [5.41, 5.74) is 0.191. The number of hydrogen-bond donors (Lipinski definition) is 1. The first-order chi connectivity index (χ1) is 11.1. The largest absolute Gasteiger partial charge is 0.374 e. The summed E-state index contributed by atoms with van der Waals surface area (Å²) >= 11 is 5.89. The van der Waals surface area contributed by atoms with Gasteiger partial charge in [0.25, 0.3) is 0 Å². The Labute approximate surface area is 147 Å². The molecule has 0 spiro atoms. The van der Waals surface area contributed by atoms with Crippen molar-refractivity contribution in [1.29, 1.82) is 0 Å². The fourth-order valence-electron chi connectivity index (χ4n) is 2.45. The van der Waals surface area contributed by atoms with Crippen LogP contribution in [0.3, 0.4) is 0 Å². The van der Waals surface area contributed by atoms with Gasteiger partial charge in [-0.05, 0) is 24.7 Å². The van der Waals surface area contributed by atoms with Gasteiger partial charge in [0.05, 0.1) is 23.4 Å². The molecule has 1 atom stereocenters. The number of nitrogens with zero attached hydrogens (tertiary/aromatic N) is 1. The maximum atomic E-state index is 12.6. The van der Waals surface area contributed by atoms with Crippen molar-refractivity contribution in [3.8, 4) is 0 Å². The molecule has 1 heterocycles. The normalized spacial score (nSPS) is 20.2. The van der Waals surface area contributed by atoms with Crippen LogP contribution in [0, 0.1) is 0 Å². The van der Waals surface area contributed by atoms with Crippen LogP contribution in [0.4, 0.5) is 0 Å². The number of sulfonamides is 1. The predicted molar refractivity (Wildman–Crippen MR) is 92.4 cm³/mol. The summed E-state index contributed by atoms with van der Waals surface area (Å²) in [4.78, 5) is 1.93. The smallest absolute Gasteiger partial charge is 0.241 e. The molecule has 136 valence electrons. The van der Waals surface area contributed by atoms with E-state index in [1.54, 1.807) is 0 Å². The zero-order chi connectivity index (χ0) is 18.0. The Bertz CT molecular complexity index is 795. The molecule has 2 rings (SSSR count). The predicted octanol–water partition coefficient (Wildman–Crippen LogP) is 0.493. The quantitative estimate of drug-likeness (QED) is 0.752. The van der Waals surface area contributed by atoms with E-state index in [1.807, 2.05) is 7.05 Å². The number of hydrogen-bond acceptors (Lipinski definition) is 6. The highest BCUT2D eigenvalue weighted by molar-refractivity contribution is 7.90. The van der Waals surface area contributed by atoms with E-state index in [-0.39, 0.29) is 33.9 Å². The second-order valence-electron chi connectivity index (χ2n) is 5.93. The molecule has 24 heavy (non-hydrogen) atoms. The van der Waals surface area contributed by atoms with Crippen molar-refractivity contribution in [2.24, 2.45) is 0 Å². The Balaban J connectivity index is 2.20. The summed E-state index contributed by atoms with van der Waals surface area (Å²) in [6.07, 6.45) is 0.799. The van der Waals surface area contributed by atoms with E-state index in [1.165, 1.54) is 18.2 Å². The van der Waals surface area contributed by atoms with E-state index in [2.05, 4.69) is 9.62 Å². The second kappa shape index (κ2) is 7.67. The van der Waals surface area contributed by atoms with Gasteiger partial charge in [0.1, 0.15) is 0 Å². The fraction of sp³-hybridized carbons (Fsp3) is 0.571. The Kier molecular flexibility index (Phi) is 6.27. The first kappa shape index (κ1) is 19.6. The van der Waals surface area contributed by atoms with Gasteiger partial charge in [-0.3, -0.25) is 0 Å². The highest BCUT2D eigenvalue weighted by Gasteiger charge is 2.24. The summed E-state index contributed by atoms with van der Waals surface area (Å²) in [5.74, 6) is -0.372. The van der Waals surface area contributed by atoms with Crippen LogP contribution in [-0.2, 0) is 30.4 Å². The molecule has 1 aliphatic heterocycles. The molecule has 0 aliphatic carbocycles. The summed E-state index contributed by atoms with van der Waals surface area (Å²) in [6.45, 7) is 2.07. The molecule has 0 unspecified atom stereocenters. The molecule has 1 aliphatic rings. The summed E-state index contributed by atoms with van der Waals surface area (Å²) in [6, 6.07) is 4.15. The summed E-state index contributed by atoms with van der Waals surface area (Å²) in [7, 11) is -5.35. The number of sulfone groups is 1. The monoisotopic (exact) mass is 396 g/mol. The van der Waals surface area contributed by atoms with Crippen molar-refractivity contribution in [2.45, 2.75) is 16.8 Å². The molecule has 0 amide bonds. The minimum atomic E-state index is -3.90. The van der Waals surface area contributed by atoms with Gasteiger partial charge in [0.2, 0.25) is 10.0 Å². The van der Waals surface area contributed by atoms with Gasteiger partial charge in [0.15, 0.2) is 9.84 Å². The molecule has 0 aromatic heterocycles. The van der Waals surface area contributed by atoms with Gasteiger partial charge in [-0.25, -0.2) is 21.6 Å². The standard InChI is InChI=1S/C14H21ClN2O5S2/c1-17-5-6-22-13(9-17)8-16-24(20,21)14-7-12(15)4-3-11(14)10-23(2,18)19/h3-4,7,13,16H,5-6,8-10H2,1-2H3/t13-/m1/s1. The van der Waals surface area contributed by atoms with Crippen molar-refractivity contribution in [2.75, 3.05) is 39.5 Å². The van der Waals surface area contributed by atoms with E-state index in [0.29, 0.717) is 13.2 Å². The Morgan fingerprint density at radius 3 is 2.67 bits per heavy atom. The Hall–Kier alpha value is -0.710. The molecule has 1 saturated heterocycles. The van der Waals surface area contributed by atoms with Crippen LogP contribution < -0.4 is 4.72 Å². The van der Waals surface area contributed by atoms with Crippen molar-refractivity contribution in [3.63, 3.8) is 0 Å². The van der Waals surface area contributed by atoms with Crippen LogP contribution in [0.2, 0.25) is 5.02 Å². The Morgan fingerprint density at radius 1 is 1.33 bits per heavy atom. The van der Waals surface area contributed by atoms with E-state index < -0.39 is 19.9 Å². The molecular weight excluding hydrogens is 376 g/mol. The van der Waals surface area contributed by atoms with Crippen LogP contribution in [0.5, 0.6) is 0 Å². The lowest BCUT2D eigenvalue weighted by Crippen LogP contribution is -2.46. The highest BCUT2D eigenvalue weighted by Crippen LogP contribution is 2.22. The van der Waals surface area contributed by atoms with Gasteiger partial charge < -0.3 is 9.64 Å². The molecule has 0 radical (unpaired) electrons. The number of benzene rings is 1. The zero-order valence-corrected chi connectivity index (χ0v) is 15.9. The molecule has 7 nitrogen and oxygen atoms in total. The number of ether oxygens (including phenoxy) is 1. The molecule has 0 bridgehead atoms. The topological polar surface area (TPSA) is 92.8 Å². The van der Waals surface area contributed by atoms with Crippen LogP contribution in [0.15, 0.2) is 23.1 Å². The van der Waals surface area contributed by atoms with Gasteiger partial charge in [-0.2, -0.15) is 0 Å². The molecular formula is C14H21ClN2O5S2. The van der Waals surface area contributed by atoms with Crippen LogP contribution in [0.1, 0.15) is 5.56 Å². The molecule has 1 N–H and O–H groups in total. The van der Waals surface area contributed by atoms with E-state index in [4.69, 9.17) is 16.3 Å². The van der Waals surface area contributed by atoms with Crippen LogP contribution >= 0.6 is 11.6 Å². The third-order valence-corrected chi connectivity index (χ3v) is 6.16. The average Bonchev–Trinajstić information content (AvgIpc) is 2.46. The number of rotatable bonds is 6. The molecule has 1 fully saturated rings. The number of morpholine rings is 1. The lowest BCUT2D eigenvalue weighted by molar-refractivity contribution is -0.0156. The molecule has 1 aromatic rings. The van der Waals surface area contributed by atoms with Gasteiger partial charge in [-0.15, -0.1) is 0 Å². The second-order valence-corrected chi connectivity index (χ2v) is 10.2. The SMILES string of the molecule is CN1CCO[C@H](CNS(=O)(=O)c2cc(Cl)ccc2CS(C)(=O)=O)C1. The van der Waals surface area contributed by atoms with Gasteiger partial charge in [-0.1, -0.05) is 17.7 Å². The van der Waals surface area contributed by atoms with Crippen molar-refractivity contribution in [1.82, 2.24) is 9.62 Å². The van der Waals surface area contributed by atoms with Crippen LogP contribution in [0.25, 0.3) is 0 Å². The minimum absolute atomic E-state index is 0.109. The number of halogens is 1. The third-order valence-electron chi connectivity index (χ3n) is 3.58. The first-order valence-electron chi connectivity index (χ1n) is 7.33. The van der Waals surface area contributed by atoms with Crippen LogP contribution in [-0.4, -0.2) is 67.4 Å². The minimum Gasteiger partial charge on any atom is -0.374 e. The summed E-state index contributed by atoms with van der Waals surface area (Å²) in [5, 5.41) is 0.223.